The van der Waals surface area contributed by atoms with Gasteiger partial charge < -0.3 is 4.90 Å². The molecule has 2 aliphatic heterocycles. The summed E-state index contributed by atoms with van der Waals surface area (Å²) in [4.78, 5) is 2.66. The molecule has 0 N–H and O–H groups in total. The summed E-state index contributed by atoms with van der Waals surface area (Å²) in [7, 11) is -3.52. The van der Waals surface area contributed by atoms with Crippen molar-refractivity contribution < 1.29 is 12.8 Å². The Bertz CT molecular complexity index is 639. The van der Waals surface area contributed by atoms with Crippen LogP contribution in [0.4, 0.5) is 4.39 Å². The lowest BCUT2D eigenvalue weighted by molar-refractivity contribution is 0.179. The molecule has 0 bridgehead atoms. The average Bonchev–Trinajstić information content (AvgIpc) is 3.04. The fourth-order valence-corrected chi connectivity index (χ4v) is 5.50. The number of nitrogens with zero attached hydrogens (tertiary/aromatic N) is 2. The Labute approximate surface area is 144 Å². The van der Waals surface area contributed by atoms with Gasteiger partial charge in [-0.15, -0.1) is 0 Å². The SMILES string of the molecule is CC1CCN(CC[C@H]2CCCN2S(=O)(=O)c2ccc(F)cc2)CC1. The van der Waals surface area contributed by atoms with Crippen molar-refractivity contribution in [3.05, 3.63) is 30.1 Å². The number of benzene rings is 1. The molecule has 2 fully saturated rings. The molecular weight excluding hydrogens is 327 g/mol. The monoisotopic (exact) mass is 354 g/mol. The Hall–Kier alpha value is -0.980. The van der Waals surface area contributed by atoms with Crippen molar-refractivity contribution in [3.63, 3.8) is 0 Å². The molecule has 4 nitrogen and oxygen atoms in total. The minimum Gasteiger partial charge on any atom is -0.303 e. The molecule has 0 saturated carbocycles. The summed E-state index contributed by atoms with van der Waals surface area (Å²) in [5.74, 6) is 0.398. The van der Waals surface area contributed by atoms with Gasteiger partial charge in [0.1, 0.15) is 5.82 Å². The van der Waals surface area contributed by atoms with Crippen LogP contribution in [0.3, 0.4) is 0 Å². The molecule has 2 aliphatic rings. The minimum atomic E-state index is -3.52. The second kappa shape index (κ2) is 7.50. The van der Waals surface area contributed by atoms with Gasteiger partial charge in [-0.1, -0.05) is 6.92 Å². The number of sulfonamides is 1. The van der Waals surface area contributed by atoms with E-state index in [0.717, 1.165) is 44.8 Å². The van der Waals surface area contributed by atoms with Gasteiger partial charge in [0.05, 0.1) is 4.90 Å². The number of likely N-dealkylation sites (tertiary alicyclic amines) is 1. The average molecular weight is 354 g/mol. The fraction of sp³-hybridized carbons (Fsp3) is 0.667. The lowest BCUT2D eigenvalue weighted by Gasteiger charge is -2.32. The Morgan fingerprint density at radius 3 is 2.42 bits per heavy atom. The van der Waals surface area contributed by atoms with Gasteiger partial charge in [0, 0.05) is 12.6 Å². The first kappa shape index (κ1) is 17.8. The van der Waals surface area contributed by atoms with E-state index >= 15 is 0 Å². The van der Waals surface area contributed by atoms with Crippen LogP contribution < -0.4 is 0 Å². The highest BCUT2D eigenvalue weighted by Crippen LogP contribution is 2.28. The maximum Gasteiger partial charge on any atom is 0.243 e. The molecule has 134 valence electrons. The zero-order valence-corrected chi connectivity index (χ0v) is 15.1. The van der Waals surface area contributed by atoms with Crippen molar-refractivity contribution in [1.82, 2.24) is 9.21 Å². The summed E-state index contributed by atoms with van der Waals surface area (Å²) in [6.07, 6.45) is 5.19. The first-order chi connectivity index (χ1) is 11.5. The van der Waals surface area contributed by atoms with Crippen molar-refractivity contribution in [2.24, 2.45) is 5.92 Å². The van der Waals surface area contributed by atoms with Crippen LogP contribution in [0.25, 0.3) is 0 Å². The lowest BCUT2D eigenvalue weighted by Crippen LogP contribution is -2.40. The van der Waals surface area contributed by atoms with E-state index in [2.05, 4.69) is 11.8 Å². The highest BCUT2D eigenvalue weighted by molar-refractivity contribution is 7.89. The molecule has 1 aromatic carbocycles. The van der Waals surface area contributed by atoms with E-state index in [1.54, 1.807) is 4.31 Å². The normalized spacial score (nSPS) is 24.5. The molecule has 1 atom stereocenters. The van der Waals surface area contributed by atoms with Crippen LogP contribution in [0, 0.1) is 11.7 Å². The summed E-state index contributed by atoms with van der Waals surface area (Å²) < 4.78 is 40.4. The van der Waals surface area contributed by atoms with Gasteiger partial charge in [0.25, 0.3) is 0 Å². The Balaban J connectivity index is 1.63. The first-order valence-corrected chi connectivity index (χ1v) is 10.4. The van der Waals surface area contributed by atoms with Gasteiger partial charge in [0.2, 0.25) is 10.0 Å². The molecule has 2 saturated heterocycles. The Kier molecular flexibility index (Phi) is 5.57. The second-order valence-corrected chi connectivity index (χ2v) is 9.07. The molecule has 0 radical (unpaired) electrons. The summed E-state index contributed by atoms with van der Waals surface area (Å²) in [6.45, 7) is 6.08. The largest absolute Gasteiger partial charge is 0.303 e. The molecule has 0 aromatic heterocycles. The second-order valence-electron chi connectivity index (χ2n) is 7.18. The third kappa shape index (κ3) is 3.98. The molecule has 1 aromatic rings. The number of halogens is 1. The molecule has 6 heteroatoms. The van der Waals surface area contributed by atoms with Crippen LogP contribution in [0.2, 0.25) is 0 Å². The third-order valence-electron chi connectivity index (χ3n) is 5.40. The van der Waals surface area contributed by atoms with Crippen LogP contribution >= 0.6 is 0 Å². The molecule has 0 aliphatic carbocycles. The highest BCUT2D eigenvalue weighted by atomic mass is 32.2. The number of piperidine rings is 1. The summed E-state index contributed by atoms with van der Waals surface area (Å²) in [5.41, 5.74) is 0. The van der Waals surface area contributed by atoms with E-state index in [1.165, 1.54) is 37.1 Å². The smallest absolute Gasteiger partial charge is 0.243 e. The van der Waals surface area contributed by atoms with E-state index in [0.29, 0.717) is 6.54 Å². The fourth-order valence-electron chi connectivity index (χ4n) is 3.77. The van der Waals surface area contributed by atoms with Crippen LogP contribution in [-0.4, -0.2) is 49.8 Å². The number of hydrogen-bond donors (Lipinski definition) is 0. The van der Waals surface area contributed by atoms with Gasteiger partial charge in [0.15, 0.2) is 0 Å². The van der Waals surface area contributed by atoms with Crippen LogP contribution in [0.15, 0.2) is 29.2 Å². The zero-order chi connectivity index (χ0) is 17.2. The van der Waals surface area contributed by atoms with E-state index in [-0.39, 0.29) is 10.9 Å². The minimum absolute atomic E-state index is 0.0689. The van der Waals surface area contributed by atoms with Crippen molar-refractivity contribution >= 4 is 10.0 Å². The van der Waals surface area contributed by atoms with Crippen LogP contribution in [-0.2, 0) is 10.0 Å². The van der Waals surface area contributed by atoms with Gasteiger partial charge in [-0.3, -0.25) is 0 Å². The van der Waals surface area contributed by atoms with Crippen molar-refractivity contribution in [3.8, 4) is 0 Å². The van der Waals surface area contributed by atoms with E-state index in [4.69, 9.17) is 0 Å². The standard InChI is InChI=1S/C18H27FN2O2S/c1-15-8-12-20(13-9-15)14-10-17-3-2-11-21(17)24(22,23)18-6-4-16(19)5-7-18/h4-7,15,17H,2-3,8-14H2,1H3/t17-/m1/s1. The summed E-state index contributed by atoms with van der Waals surface area (Å²) in [6, 6.07) is 5.23. The molecule has 0 unspecified atom stereocenters. The quantitative estimate of drug-likeness (QED) is 0.816. The number of rotatable bonds is 5. The predicted octanol–water partition coefficient (Wildman–Crippen LogP) is 3.10. The van der Waals surface area contributed by atoms with Gasteiger partial charge in [-0.05, 0) is 81.9 Å². The third-order valence-corrected chi connectivity index (χ3v) is 7.36. The Morgan fingerprint density at radius 2 is 1.75 bits per heavy atom. The maximum absolute atomic E-state index is 13.1. The molecule has 0 amide bonds. The van der Waals surface area contributed by atoms with Crippen LogP contribution in [0.5, 0.6) is 0 Å². The van der Waals surface area contributed by atoms with Crippen LogP contribution in [0.1, 0.15) is 39.0 Å². The zero-order valence-electron chi connectivity index (χ0n) is 14.3. The molecule has 3 rings (SSSR count). The Morgan fingerprint density at radius 1 is 1.08 bits per heavy atom. The molecule has 0 spiro atoms. The van der Waals surface area contributed by atoms with E-state index < -0.39 is 15.8 Å². The maximum atomic E-state index is 13.1. The molecular formula is C18H27FN2O2S. The summed E-state index contributed by atoms with van der Waals surface area (Å²) >= 11 is 0. The predicted molar refractivity (Wildman–Crippen MR) is 92.8 cm³/mol. The van der Waals surface area contributed by atoms with E-state index in [1.807, 2.05) is 0 Å². The molecule has 24 heavy (non-hydrogen) atoms. The van der Waals surface area contributed by atoms with Crippen molar-refractivity contribution in [1.29, 1.82) is 0 Å². The van der Waals surface area contributed by atoms with Gasteiger partial charge in [-0.2, -0.15) is 4.31 Å². The van der Waals surface area contributed by atoms with Crippen molar-refractivity contribution in [2.75, 3.05) is 26.2 Å². The highest BCUT2D eigenvalue weighted by Gasteiger charge is 2.35. The number of hydrogen-bond acceptors (Lipinski definition) is 3. The topological polar surface area (TPSA) is 40.6 Å². The lowest BCUT2D eigenvalue weighted by atomic mass is 9.99. The van der Waals surface area contributed by atoms with E-state index in [9.17, 15) is 12.8 Å². The van der Waals surface area contributed by atoms with Gasteiger partial charge >= 0.3 is 0 Å². The summed E-state index contributed by atoms with van der Waals surface area (Å²) in [5, 5.41) is 0. The van der Waals surface area contributed by atoms with Crippen molar-refractivity contribution in [2.45, 2.75) is 50.0 Å². The molecule has 2 heterocycles. The van der Waals surface area contributed by atoms with Gasteiger partial charge in [-0.25, -0.2) is 12.8 Å². The first-order valence-electron chi connectivity index (χ1n) is 8.96.